The van der Waals surface area contributed by atoms with Crippen molar-refractivity contribution in [1.82, 2.24) is 0 Å². The van der Waals surface area contributed by atoms with E-state index in [-0.39, 0.29) is 15.7 Å². The summed E-state index contributed by atoms with van der Waals surface area (Å²) >= 11 is 17.9. The highest BCUT2D eigenvalue weighted by atomic mass is 35.5. The second-order valence-corrected chi connectivity index (χ2v) is 8.54. The maximum Gasteiger partial charge on any atom is 0.245 e. The first-order valence-corrected chi connectivity index (χ1v) is 10.0. The van der Waals surface area contributed by atoms with Crippen LogP contribution in [0.25, 0.3) is 0 Å². The molecule has 0 aliphatic rings. The minimum atomic E-state index is -3.73. The van der Waals surface area contributed by atoms with E-state index < -0.39 is 22.5 Å². The van der Waals surface area contributed by atoms with Gasteiger partial charge < -0.3 is 5.32 Å². The number of hydrogen-bond donors (Lipinski definition) is 1. The van der Waals surface area contributed by atoms with Crippen LogP contribution in [0.4, 0.5) is 11.4 Å². The van der Waals surface area contributed by atoms with Crippen LogP contribution in [0, 0.1) is 6.92 Å². The van der Waals surface area contributed by atoms with Gasteiger partial charge in [-0.05, 0) is 42.8 Å². The number of benzene rings is 2. The summed E-state index contributed by atoms with van der Waals surface area (Å²) in [5.41, 5.74) is 1.40. The van der Waals surface area contributed by atoms with Crippen molar-refractivity contribution in [3.63, 3.8) is 0 Å². The molecule has 0 aliphatic carbocycles. The molecule has 0 radical (unpaired) electrons. The van der Waals surface area contributed by atoms with Gasteiger partial charge in [-0.3, -0.25) is 9.10 Å². The van der Waals surface area contributed by atoms with E-state index in [4.69, 9.17) is 34.8 Å². The molecule has 2 rings (SSSR count). The fourth-order valence-electron chi connectivity index (χ4n) is 2.15. The first-order chi connectivity index (χ1) is 11.6. The third-order valence-corrected chi connectivity index (χ3v) is 5.35. The minimum Gasteiger partial charge on any atom is -0.324 e. The highest BCUT2D eigenvalue weighted by Crippen LogP contribution is 2.27. The number of rotatable bonds is 5. The highest BCUT2D eigenvalue weighted by Gasteiger charge is 2.22. The van der Waals surface area contributed by atoms with E-state index >= 15 is 0 Å². The standard InChI is InChI=1S/C16H15Cl3N2O3S/c1-10-14(19)4-3-5-15(10)20-16(22)9-21(25(2,23)24)13-7-11(17)6-12(18)8-13/h3-8H,9H2,1-2H3,(H,20,22). The van der Waals surface area contributed by atoms with E-state index in [1.165, 1.54) is 18.2 Å². The molecule has 2 aromatic carbocycles. The van der Waals surface area contributed by atoms with Crippen molar-refractivity contribution >= 4 is 62.1 Å². The van der Waals surface area contributed by atoms with E-state index in [2.05, 4.69) is 5.32 Å². The summed E-state index contributed by atoms with van der Waals surface area (Å²) in [6, 6.07) is 9.39. The van der Waals surface area contributed by atoms with Crippen molar-refractivity contribution in [2.45, 2.75) is 6.92 Å². The molecule has 0 aromatic heterocycles. The number of nitrogens with one attached hydrogen (secondary N) is 1. The van der Waals surface area contributed by atoms with Crippen molar-refractivity contribution in [3.05, 3.63) is 57.0 Å². The number of amides is 1. The lowest BCUT2D eigenvalue weighted by Crippen LogP contribution is -2.37. The molecule has 0 spiro atoms. The summed E-state index contributed by atoms with van der Waals surface area (Å²) in [6.07, 6.45) is 1.000. The molecule has 5 nitrogen and oxygen atoms in total. The van der Waals surface area contributed by atoms with E-state index in [1.807, 2.05) is 0 Å². The summed E-state index contributed by atoms with van der Waals surface area (Å²) in [5.74, 6) is -0.521. The van der Waals surface area contributed by atoms with Gasteiger partial charge in [0, 0.05) is 20.8 Å². The van der Waals surface area contributed by atoms with Gasteiger partial charge in [-0.15, -0.1) is 0 Å². The average molecular weight is 422 g/mol. The fourth-order valence-corrected chi connectivity index (χ4v) is 3.68. The SMILES string of the molecule is Cc1c(Cl)cccc1NC(=O)CN(c1cc(Cl)cc(Cl)c1)S(C)(=O)=O. The third kappa shape index (κ3) is 5.25. The van der Waals surface area contributed by atoms with Crippen LogP contribution in [-0.2, 0) is 14.8 Å². The Bertz CT molecular complexity index is 897. The number of carbonyl (C=O) groups excluding carboxylic acids is 1. The van der Waals surface area contributed by atoms with Crippen LogP contribution in [0.5, 0.6) is 0 Å². The van der Waals surface area contributed by atoms with Gasteiger partial charge in [0.2, 0.25) is 15.9 Å². The Morgan fingerprint density at radius 1 is 1.12 bits per heavy atom. The van der Waals surface area contributed by atoms with Crippen LogP contribution in [0.15, 0.2) is 36.4 Å². The number of hydrogen-bond acceptors (Lipinski definition) is 3. The molecule has 0 unspecified atom stereocenters. The Labute approximate surface area is 161 Å². The first kappa shape index (κ1) is 19.8. The molecule has 1 N–H and O–H groups in total. The Morgan fingerprint density at radius 3 is 2.28 bits per heavy atom. The number of halogens is 3. The summed E-state index contributed by atoms with van der Waals surface area (Å²) < 4.78 is 25.1. The molecule has 0 saturated heterocycles. The largest absolute Gasteiger partial charge is 0.324 e. The minimum absolute atomic E-state index is 0.206. The van der Waals surface area contributed by atoms with Crippen molar-refractivity contribution < 1.29 is 13.2 Å². The number of sulfonamides is 1. The van der Waals surface area contributed by atoms with Gasteiger partial charge >= 0.3 is 0 Å². The monoisotopic (exact) mass is 420 g/mol. The average Bonchev–Trinajstić information content (AvgIpc) is 2.47. The maximum atomic E-state index is 12.3. The lowest BCUT2D eigenvalue weighted by molar-refractivity contribution is -0.114. The van der Waals surface area contributed by atoms with E-state index in [0.29, 0.717) is 16.3 Å². The zero-order chi connectivity index (χ0) is 18.8. The summed E-state index contributed by atoms with van der Waals surface area (Å²) in [6.45, 7) is 1.32. The van der Waals surface area contributed by atoms with Crippen LogP contribution < -0.4 is 9.62 Å². The normalized spacial score (nSPS) is 11.2. The van der Waals surface area contributed by atoms with Crippen molar-refractivity contribution in [3.8, 4) is 0 Å². The van der Waals surface area contributed by atoms with Crippen molar-refractivity contribution in [2.75, 3.05) is 22.4 Å². The third-order valence-electron chi connectivity index (χ3n) is 3.36. The Kier molecular flexibility index (Phi) is 6.21. The summed E-state index contributed by atoms with van der Waals surface area (Å²) in [5, 5.41) is 3.69. The lowest BCUT2D eigenvalue weighted by atomic mass is 10.2. The van der Waals surface area contributed by atoms with Crippen LogP contribution in [0.1, 0.15) is 5.56 Å². The molecule has 2 aromatic rings. The van der Waals surface area contributed by atoms with Crippen LogP contribution in [0.2, 0.25) is 15.1 Å². The molecule has 25 heavy (non-hydrogen) atoms. The second kappa shape index (κ2) is 7.83. The Morgan fingerprint density at radius 2 is 1.72 bits per heavy atom. The first-order valence-electron chi connectivity index (χ1n) is 7.06. The maximum absolute atomic E-state index is 12.3. The molecule has 9 heteroatoms. The van der Waals surface area contributed by atoms with E-state index in [9.17, 15) is 13.2 Å². The molecular weight excluding hydrogens is 407 g/mol. The lowest BCUT2D eigenvalue weighted by Gasteiger charge is -2.22. The molecule has 1 amide bonds. The number of anilines is 2. The van der Waals surface area contributed by atoms with Gasteiger partial charge in [-0.1, -0.05) is 40.9 Å². The van der Waals surface area contributed by atoms with Crippen LogP contribution >= 0.6 is 34.8 Å². The second-order valence-electron chi connectivity index (χ2n) is 5.36. The quantitative estimate of drug-likeness (QED) is 0.780. The molecule has 0 heterocycles. The van der Waals surface area contributed by atoms with Crippen molar-refractivity contribution in [1.29, 1.82) is 0 Å². The fraction of sp³-hybridized carbons (Fsp3) is 0.188. The molecule has 0 aliphatic heterocycles. The van der Waals surface area contributed by atoms with Gasteiger partial charge in [0.25, 0.3) is 0 Å². The number of carbonyl (C=O) groups is 1. The molecule has 134 valence electrons. The topological polar surface area (TPSA) is 66.5 Å². The molecule has 0 fully saturated rings. The number of nitrogens with zero attached hydrogens (tertiary/aromatic N) is 1. The van der Waals surface area contributed by atoms with Gasteiger partial charge in [0.15, 0.2) is 0 Å². The molecular formula is C16H15Cl3N2O3S. The Hall–Kier alpha value is -1.47. The van der Waals surface area contributed by atoms with E-state index in [0.717, 1.165) is 10.6 Å². The molecule has 0 atom stereocenters. The van der Waals surface area contributed by atoms with Gasteiger partial charge in [0.1, 0.15) is 6.54 Å². The molecule has 0 bridgehead atoms. The smallest absolute Gasteiger partial charge is 0.245 e. The van der Waals surface area contributed by atoms with Crippen molar-refractivity contribution in [2.24, 2.45) is 0 Å². The predicted molar refractivity (Wildman–Crippen MR) is 103 cm³/mol. The summed E-state index contributed by atoms with van der Waals surface area (Å²) in [4.78, 5) is 12.3. The van der Waals surface area contributed by atoms with Crippen LogP contribution in [0.3, 0.4) is 0 Å². The predicted octanol–water partition coefficient (Wildman–Crippen LogP) is 4.36. The Balaban J connectivity index is 2.28. The highest BCUT2D eigenvalue weighted by molar-refractivity contribution is 7.92. The zero-order valence-corrected chi connectivity index (χ0v) is 16.5. The van der Waals surface area contributed by atoms with Gasteiger partial charge in [-0.2, -0.15) is 0 Å². The van der Waals surface area contributed by atoms with Crippen LogP contribution in [-0.4, -0.2) is 27.1 Å². The zero-order valence-electron chi connectivity index (χ0n) is 13.4. The van der Waals surface area contributed by atoms with Gasteiger partial charge in [0.05, 0.1) is 11.9 Å². The van der Waals surface area contributed by atoms with E-state index in [1.54, 1.807) is 25.1 Å². The molecule has 0 saturated carbocycles. The van der Waals surface area contributed by atoms with Gasteiger partial charge in [-0.25, -0.2) is 8.42 Å². The summed E-state index contributed by atoms with van der Waals surface area (Å²) in [7, 11) is -3.73.